The smallest absolute Gasteiger partial charge is 0.321 e. The number of nitriles is 1. The lowest BCUT2D eigenvalue weighted by molar-refractivity contribution is 0.148. The molecule has 2 atom stereocenters. The van der Waals surface area contributed by atoms with Gasteiger partial charge < -0.3 is 4.74 Å². The van der Waals surface area contributed by atoms with Crippen LogP contribution in [0.2, 0.25) is 5.02 Å². The molecule has 0 aliphatic heterocycles. The summed E-state index contributed by atoms with van der Waals surface area (Å²) in [5.74, 6) is 0.131. The monoisotopic (exact) mass is 355 g/mol. The minimum atomic E-state index is -1.96. The van der Waals surface area contributed by atoms with Gasteiger partial charge in [0.1, 0.15) is 18.1 Å². The second-order valence-corrected chi connectivity index (χ2v) is 5.33. The lowest BCUT2D eigenvalue weighted by Crippen LogP contribution is -2.21. The number of aromatic nitrogens is 2. The van der Waals surface area contributed by atoms with E-state index in [9.17, 15) is 13.2 Å². The highest BCUT2D eigenvalue weighted by Gasteiger charge is 2.24. The van der Waals surface area contributed by atoms with Crippen molar-refractivity contribution in [1.29, 1.82) is 5.26 Å². The van der Waals surface area contributed by atoms with E-state index in [0.717, 1.165) is 0 Å². The Morgan fingerprint density at radius 1 is 1.21 bits per heavy atom. The van der Waals surface area contributed by atoms with Gasteiger partial charge in [0.05, 0.1) is 35.7 Å². The van der Waals surface area contributed by atoms with Gasteiger partial charge in [-0.15, -0.1) is 0 Å². The van der Waals surface area contributed by atoms with Crippen molar-refractivity contribution < 1.29 is 17.9 Å². The molecule has 126 valence electrons. The maximum atomic E-state index is 14.0. The van der Waals surface area contributed by atoms with E-state index < -0.39 is 31.9 Å². The van der Waals surface area contributed by atoms with Crippen molar-refractivity contribution in [2.24, 2.45) is 0 Å². The Morgan fingerprint density at radius 3 is 2.54 bits per heavy atom. The fourth-order valence-corrected chi connectivity index (χ4v) is 2.13. The van der Waals surface area contributed by atoms with Gasteiger partial charge in [0.2, 0.25) is 0 Å². The van der Waals surface area contributed by atoms with Crippen LogP contribution in [0.25, 0.3) is 0 Å². The molecule has 0 fully saturated rings. The van der Waals surface area contributed by atoms with Gasteiger partial charge in [-0.1, -0.05) is 17.7 Å². The van der Waals surface area contributed by atoms with Gasteiger partial charge >= 0.3 is 6.01 Å². The minimum Gasteiger partial charge on any atom is -0.424 e. The lowest BCUT2D eigenvalue weighted by Gasteiger charge is -2.16. The van der Waals surface area contributed by atoms with Crippen LogP contribution in [-0.2, 0) is 6.42 Å². The second-order valence-electron chi connectivity index (χ2n) is 4.89. The average molecular weight is 356 g/mol. The number of rotatable bonds is 7. The molecule has 1 aromatic heterocycles. The number of nitrogens with zero attached hydrogens (tertiary/aromatic N) is 3. The Morgan fingerprint density at radius 2 is 1.92 bits per heavy atom. The molecular formula is C16H13ClF3N3O. The standard InChI is InChI=1S/C16H13ClF3N3O/c17-11-8-22-16(23-9-11)24-15-3-1-2-10(7-21)12(15)6-14(20)13(19)4-5-18/h1-3,8-9,13-14H,4-6H2. The van der Waals surface area contributed by atoms with Crippen LogP contribution in [0.1, 0.15) is 17.5 Å². The summed E-state index contributed by atoms with van der Waals surface area (Å²) in [6.07, 6.45) is -2.24. The zero-order valence-electron chi connectivity index (χ0n) is 12.4. The van der Waals surface area contributed by atoms with Gasteiger partial charge in [0.25, 0.3) is 0 Å². The third-order valence-electron chi connectivity index (χ3n) is 3.23. The number of ether oxygens (including phenoxy) is 1. The summed E-state index contributed by atoms with van der Waals surface area (Å²) < 4.78 is 45.2. The van der Waals surface area contributed by atoms with Crippen LogP contribution in [0.5, 0.6) is 11.8 Å². The Hall–Kier alpha value is -2.33. The fraction of sp³-hybridized carbons (Fsp3) is 0.312. The lowest BCUT2D eigenvalue weighted by atomic mass is 9.99. The predicted octanol–water partition coefficient (Wildman–Crippen LogP) is 4.37. The Labute approximate surface area is 141 Å². The summed E-state index contributed by atoms with van der Waals surface area (Å²) in [7, 11) is 0. The quantitative estimate of drug-likeness (QED) is 0.740. The molecule has 1 aromatic carbocycles. The summed E-state index contributed by atoms with van der Waals surface area (Å²) in [4.78, 5) is 7.70. The summed E-state index contributed by atoms with van der Waals surface area (Å²) in [5, 5.41) is 9.48. The molecule has 2 aromatic rings. The van der Waals surface area contributed by atoms with Crippen molar-refractivity contribution >= 4 is 11.6 Å². The number of halogens is 4. The molecule has 0 aliphatic carbocycles. The van der Waals surface area contributed by atoms with Crippen molar-refractivity contribution in [2.75, 3.05) is 6.67 Å². The van der Waals surface area contributed by atoms with Gasteiger partial charge in [0, 0.05) is 18.4 Å². The van der Waals surface area contributed by atoms with Gasteiger partial charge in [-0.3, -0.25) is 4.39 Å². The normalized spacial score (nSPS) is 13.1. The zero-order valence-corrected chi connectivity index (χ0v) is 13.2. The molecule has 24 heavy (non-hydrogen) atoms. The maximum Gasteiger partial charge on any atom is 0.321 e. The van der Waals surface area contributed by atoms with Gasteiger partial charge in [-0.05, 0) is 12.1 Å². The summed E-state index contributed by atoms with van der Waals surface area (Å²) >= 11 is 5.68. The minimum absolute atomic E-state index is 0.0493. The fourth-order valence-electron chi connectivity index (χ4n) is 2.04. The first kappa shape index (κ1) is 18.0. The molecule has 0 bridgehead atoms. The average Bonchev–Trinajstić information content (AvgIpc) is 2.58. The molecule has 0 saturated heterocycles. The highest BCUT2D eigenvalue weighted by Crippen LogP contribution is 2.29. The second kappa shape index (κ2) is 8.50. The summed E-state index contributed by atoms with van der Waals surface area (Å²) in [6, 6.07) is 6.34. The van der Waals surface area contributed by atoms with Crippen LogP contribution in [0, 0.1) is 11.3 Å². The van der Waals surface area contributed by atoms with Gasteiger partial charge in [-0.25, -0.2) is 18.7 Å². The first-order valence-electron chi connectivity index (χ1n) is 7.06. The number of benzene rings is 1. The Kier molecular flexibility index (Phi) is 6.38. The van der Waals surface area contributed by atoms with Gasteiger partial charge in [-0.2, -0.15) is 5.26 Å². The van der Waals surface area contributed by atoms with Crippen LogP contribution in [0.3, 0.4) is 0 Å². The van der Waals surface area contributed by atoms with E-state index in [0.29, 0.717) is 5.02 Å². The van der Waals surface area contributed by atoms with E-state index >= 15 is 0 Å². The molecule has 0 aliphatic rings. The van der Waals surface area contributed by atoms with Crippen LogP contribution in [0.15, 0.2) is 30.6 Å². The molecule has 2 rings (SSSR count). The number of alkyl halides is 3. The predicted molar refractivity (Wildman–Crippen MR) is 82.4 cm³/mol. The summed E-state index contributed by atoms with van der Waals surface area (Å²) in [5.41, 5.74) is 0.309. The van der Waals surface area contributed by atoms with Crippen molar-refractivity contribution in [1.82, 2.24) is 9.97 Å². The highest BCUT2D eigenvalue weighted by atomic mass is 35.5. The van der Waals surface area contributed by atoms with Crippen molar-refractivity contribution in [3.63, 3.8) is 0 Å². The molecule has 0 amide bonds. The Bertz CT molecular complexity index is 721. The van der Waals surface area contributed by atoms with Crippen LogP contribution < -0.4 is 4.74 Å². The van der Waals surface area contributed by atoms with Crippen molar-refractivity contribution in [2.45, 2.75) is 25.2 Å². The van der Waals surface area contributed by atoms with E-state index in [1.54, 1.807) is 0 Å². The largest absolute Gasteiger partial charge is 0.424 e. The zero-order chi connectivity index (χ0) is 17.5. The first-order valence-corrected chi connectivity index (χ1v) is 7.44. The summed E-state index contributed by atoms with van der Waals surface area (Å²) in [6.45, 7) is -0.955. The third kappa shape index (κ3) is 4.59. The molecule has 0 N–H and O–H groups in total. The molecule has 4 nitrogen and oxygen atoms in total. The third-order valence-corrected chi connectivity index (χ3v) is 3.42. The van der Waals surface area contributed by atoms with E-state index in [2.05, 4.69) is 9.97 Å². The molecule has 0 saturated carbocycles. The van der Waals surface area contributed by atoms with E-state index in [1.807, 2.05) is 6.07 Å². The molecule has 1 heterocycles. The SMILES string of the molecule is N#Cc1cccc(Oc2ncc(Cl)cn2)c1CC(F)C(F)CCF. The molecular weight excluding hydrogens is 343 g/mol. The first-order chi connectivity index (χ1) is 11.5. The van der Waals surface area contributed by atoms with E-state index in [4.69, 9.17) is 21.6 Å². The number of hydrogen-bond acceptors (Lipinski definition) is 4. The van der Waals surface area contributed by atoms with Gasteiger partial charge in [0.15, 0.2) is 0 Å². The topological polar surface area (TPSA) is 58.8 Å². The van der Waals surface area contributed by atoms with Crippen LogP contribution >= 0.6 is 11.6 Å². The van der Waals surface area contributed by atoms with Crippen molar-refractivity contribution in [3.05, 3.63) is 46.7 Å². The molecule has 8 heteroatoms. The molecule has 2 unspecified atom stereocenters. The van der Waals surface area contributed by atoms with E-state index in [-0.39, 0.29) is 22.9 Å². The molecule has 0 spiro atoms. The van der Waals surface area contributed by atoms with E-state index in [1.165, 1.54) is 30.6 Å². The maximum absolute atomic E-state index is 14.0. The molecule has 0 radical (unpaired) electrons. The van der Waals surface area contributed by atoms with Crippen LogP contribution in [-0.4, -0.2) is 29.0 Å². The van der Waals surface area contributed by atoms with Crippen LogP contribution in [0.4, 0.5) is 13.2 Å². The van der Waals surface area contributed by atoms with Crippen molar-refractivity contribution in [3.8, 4) is 17.8 Å². The Balaban J connectivity index is 2.28. The highest BCUT2D eigenvalue weighted by molar-refractivity contribution is 6.30. The number of hydrogen-bond donors (Lipinski definition) is 0.